The number of aliphatic carboxylic acids is 1. The van der Waals surface area contributed by atoms with Crippen LogP contribution in [0.5, 0.6) is 5.75 Å². The Kier molecular flexibility index (Phi) is 4.83. The minimum atomic E-state index is -4.17. The van der Waals surface area contributed by atoms with Gasteiger partial charge in [-0.05, 0) is 97.1 Å². The number of alkyl halides is 2. The summed E-state index contributed by atoms with van der Waals surface area (Å²) < 4.78 is 35.4. The van der Waals surface area contributed by atoms with Gasteiger partial charge in [0.05, 0.1) is 9.13 Å². The number of halogens is 3. The van der Waals surface area contributed by atoms with Crippen molar-refractivity contribution in [3.63, 3.8) is 0 Å². The highest BCUT2D eigenvalue weighted by Gasteiger charge is 2.65. The highest BCUT2D eigenvalue weighted by molar-refractivity contribution is 14.1. The molecule has 152 valence electrons. The molecule has 5 nitrogen and oxygen atoms in total. The normalized spacial score (nSPS) is 32.2. The SMILES string of the molecule is O=C(OC(C12CC3CC(CC(C3)C1)C2)C(F)(F)C(=O)O)c1ccc(I)c(O)c1. The van der Waals surface area contributed by atoms with Crippen LogP contribution >= 0.6 is 22.6 Å². The fourth-order valence-corrected chi connectivity index (χ4v) is 6.34. The number of carboxylic acids is 1. The number of phenolic OH excluding ortho intramolecular Hbond substituents is 1. The van der Waals surface area contributed by atoms with Crippen molar-refractivity contribution >= 4 is 34.5 Å². The predicted molar refractivity (Wildman–Crippen MR) is 103 cm³/mol. The Morgan fingerprint density at radius 3 is 2.14 bits per heavy atom. The van der Waals surface area contributed by atoms with Crippen LogP contribution < -0.4 is 0 Å². The molecule has 0 aliphatic heterocycles. The first kappa shape index (κ1) is 19.8. The maximum atomic E-state index is 14.8. The van der Waals surface area contributed by atoms with E-state index < -0.39 is 29.4 Å². The van der Waals surface area contributed by atoms with E-state index in [2.05, 4.69) is 0 Å². The van der Waals surface area contributed by atoms with Crippen molar-refractivity contribution in [2.45, 2.75) is 50.6 Å². The molecule has 1 aromatic rings. The smallest absolute Gasteiger partial charge is 0.379 e. The zero-order valence-corrected chi connectivity index (χ0v) is 17.2. The quantitative estimate of drug-likeness (QED) is 0.456. The molecule has 4 aliphatic carbocycles. The molecule has 4 saturated carbocycles. The van der Waals surface area contributed by atoms with Gasteiger partial charge in [0.1, 0.15) is 5.75 Å². The van der Waals surface area contributed by atoms with Crippen LogP contribution in [-0.2, 0) is 9.53 Å². The lowest BCUT2D eigenvalue weighted by molar-refractivity contribution is -0.221. The molecule has 1 atom stereocenters. The molecule has 8 heteroatoms. The number of hydrogen-bond donors (Lipinski definition) is 2. The third kappa shape index (κ3) is 3.27. The first-order chi connectivity index (χ1) is 13.1. The van der Waals surface area contributed by atoms with Crippen molar-refractivity contribution in [1.82, 2.24) is 0 Å². The Balaban J connectivity index is 1.68. The van der Waals surface area contributed by atoms with Gasteiger partial charge in [0.25, 0.3) is 0 Å². The fourth-order valence-electron chi connectivity index (χ4n) is 6.01. The van der Waals surface area contributed by atoms with E-state index in [1.165, 1.54) is 12.1 Å². The molecule has 4 bridgehead atoms. The van der Waals surface area contributed by atoms with Crippen LogP contribution in [0.25, 0.3) is 0 Å². The minimum absolute atomic E-state index is 0.0752. The second kappa shape index (κ2) is 6.81. The molecule has 4 aliphatic rings. The van der Waals surface area contributed by atoms with Gasteiger partial charge >= 0.3 is 17.9 Å². The van der Waals surface area contributed by atoms with Gasteiger partial charge in [-0.1, -0.05) is 0 Å². The zero-order chi connectivity index (χ0) is 20.3. The van der Waals surface area contributed by atoms with E-state index >= 15 is 0 Å². The molecule has 0 radical (unpaired) electrons. The Labute approximate surface area is 174 Å². The fraction of sp³-hybridized carbons (Fsp3) is 0.600. The number of rotatable bonds is 5. The summed E-state index contributed by atoms with van der Waals surface area (Å²) in [4.78, 5) is 24.0. The number of carboxylic acid groups (broad SMARTS) is 1. The van der Waals surface area contributed by atoms with E-state index in [1.54, 1.807) is 0 Å². The molecule has 0 spiro atoms. The van der Waals surface area contributed by atoms with Crippen LogP contribution in [0.4, 0.5) is 8.78 Å². The number of phenols is 1. The standard InChI is InChI=1S/C20H21F2IO5/c21-20(22,18(26)27)17(28-16(25)13-1-2-14(23)15(24)6-13)19-7-10-3-11(8-19)5-12(4-10)9-19/h1-2,6,10-12,17,24H,3-5,7-9H2,(H,26,27). The van der Waals surface area contributed by atoms with Crippen molar-refractivity contribution in [3.8, 4) is 5.75 Å². The highest BCUT2D eigenvalue weighted by atomic mass is 127. The summed E-state index contributed by atoms with van der Waals surface area (Å²) in [5.74, 6) is -6.77. The van der Waals surface area contributed by atoms with Crippen molar-refractivity contribution in [2.75, 3.05) is 0 Å². The lowest BCUT2D eigenvalue weighted by Crippen LogP contribution is -2.60. The summed E-state index contributed by atoms with van der Waals surface area (Å²) in [6, 6.07) is 4.00. The average Bonchev–Trinajstić information content (AvgIpc) is 2.60. The largest absolute Gasteiger partial charge is 0.507 e. The van der Waals surface area contributed by atoms with E-state index in [0.717, 1.165) is 25.3 Å². The zero-order valence-electron chi connectivity index (χ0n) is 15.0. The molecule has 4 fully saturated rings. The Hall–Kier alpha value is -1.45. The van der Waals surface area contributed by atoms with Gasteiger partial charge in [-0.2, -0.15) is 8.78 Å². The first-order valence-electron chi connectivity index (χ1n) is 9.41. The molecule has 1 unspecified atom stereocenters. The number of carbonyl (C=O) groups excluding carboxylic acids is 1. The van der Waals surface area contributed by atoms with Gasteiger partial charge in [-0.3, -0.25) is 0 Å². The second-order valence-electron chi connectivity index (χ2n) is 8.66. The number of ether oxygens (including phenoxy) is 1. The second-order valence-corrected chi connectivity index (χ2v) is 9.82. The third-order valence-corrected chi connectivity index (χ3v) is 7.58. The lowest BCUT2D eigenvalue weighted by atomic mass is 9.47. The molecule has 0 saturated heterocycles. The Bertz CT molecular complexity index is 790. The van der Waals surface area contributed by atoms with E-state index in [1.807, 2.05) is 22.6 Å². The molecule has 5 rings (SSSR count). The Morgan fingerprint density at radius 2 is 1.68 bits per heavy atom. The Morgan fingerprint density at radius 1 is 1.14 bits per heavy atom. The van der Waals surface area contributed by atoms with Crippen molar-refractivity contribution in [3.05, 3.63) is 27.3 Å². The van der Waals surface area contributed by atoms with E-state index in [9.17, 15) is 28.6 Å². The first-order valence-corrected chi connectivity index (χ1v) is 10.5. The van der Waals surface area contributed by atoms with Crippen molar-refractivity contribution in [1.29, 1.82) is 0 Å². The van der Waals surface area contributed by atoms with E-state index in [4.69, 9.17) is 4.74 Å². The monoisotopic (exact) mass is 506 g/mol. The topological polar surface area (TPSA) is 83.8 Å². The summed E-state index contributed by atoms with van der Waals surface area (Å²) in [6.07, 6.45) is 2.36. The predicted octanol–water partition coefficient (Wildman–Crippen LogP) is 4.46. The van der Waals surface area contributed by atoms with Gasteiger partial charge in [0.2, 0.25) is 0 Å². The summed E-state index contributed by atoms with van der Waals surface area (Å²) in [5.41, 5.74) is -1.08. The van der Waals surface area contributed by atoms with E-state index in [0.29, 0.717) is 40.6 Å². The van der Waals surface area contributed by atoms with Crippen LogP contribution in [0.15, 0.2) is 18.2 Å². The van der Waals surface area contributed by atoms with Crippen LogP contribution in [0.1, 0.15) is 48.9 Å². The summed E-state index contributed by atoms with van der Waals surface area (Å²) >= 11 is 1.87. The molecular weight excluding hydrogens is 485 g/mol. The third-order valence-electron chi connectivity index (χ3n) is 6.66. The van der Waals surface area contributed by atoms with Gasteiger partial charge in [0.15, 0.2) is 6.10 Å². The van der Waals surface area contributed by atoms with Gasteiger partial charge < -0.3 is 14.9 Å². The van der Waals surface area contributed by atoms with Crippen LogP contribution in [-0.4, -0.2) is 34.2 Å². The molecule has 0 amide bonds. The summed E-state index contributed by atoms with van der Waals surface area (Å²) in [7, 11) is 0. The van der Waals surface area contributed by atoms with Gasteiger partial charge in [-0.15, -0.1) is 0 Å². The number of esters is 1. The van der Waals surface area contributed by atoms with Gasteiger partial charge in [0, 0.05) is 5.41 Å². The maximum Gasteiger partial charge on any atom is 0.379 e. The number of aromatic hydroxyl groups is 1. The van der Waals surface area contributed by atoms with Crippen LogP contribution in [0, 0.1) is 26.7 Å². The average molecular weight is 506 g/mol. The summed E-state index contributed by atoms with van der Waals surface area (Å²) in [6.45, 7) is 0. The number of hydrogen-bond acceptors (Lipinski definition) is 4. The molecule has 28 heavy (non-hydrogen) atoms. The van der Waals surface area contributed by atoms with Gasteiger partial charge in [-0.25, -0.2) is 9.59 Å². The highest BCUT2D eigenvalue weighted by Crippen LogP contribution is 2.63. The van der Waals surface area contributed by atoms with E-state index in [-0.39, 0.29) is 11.3 Å². The molecule has 1 aromatic carbocycles. The maximum absolute atomic E-state index is 14.8. The molecule has 0 heterocycles. The molecule has 2 N–H and O–H groups in total. The van der Waals surface area contributed by atoms with Crippen LogP contribution in [0.2, 0.25) is 0 Å². The number of carbonyl (C=O) groups is 2. The minimum Gasteiger partial charge on any atom is -0.507 e. The summed E-state index contributed by atoms with van der Waals surface area (Å²) in [5, 5.41) is 19.0. The molecular formula is C20H21F2IO5. The lowest BCUT2D eigenvalue weighted by Gasteiger charge is -2.59. The number of benzene rings is 1. The van der Waals surface area contributed by atoms with Crippen molar-refractivity contribution < 1.29 is 33.3 Å². The van der Waals surface area contributed by atoms with Crippen LogP contribution in [0.3, 0.4) is 0 Å². The molecule has 0 aromatic heterocycles. The van der Waals surface area contributed by atoms with Crippen molar-refractivity contribution in [2.24, 2.45) is 23.2 Å².